The molecule has 600 valence electrons. The maximum atomic E-state index is 13.0. The van der Waals surface area contributed by atoms with Gasteiger partial charge in [0.2, 0.25) is 0 Å². The fourth-order valence-corrected chi connectivity index (χ4v) is 13.4. The number of carbonyl (C=O) groups excluding carboxylic acids is 2. The first-order valence-electron chi connectivity index (χ1n) is 44.8. The van der Waals surface area contributed by atoms with Crippen LogP contribution in [0.4, 0.5) is 0 Å². The molecule has 0 radical (unpaired) electrons. The summed E-state index contributed by atoms with van der Waals surface area (Å²) in [6, 6.07) is 0. The van der Waals surface area contributed by atoms with Crippen molar-refractivity contribution in [2.75, 3.05) is 47.5 Å². The van der Waals surface area contributed by atoms with Gasteiger partial charge in [0.1, 0.15) is 13.2 Å². The number of aliphatic carboxylic acids is 1. The molecule has 0 fully saturated rings. The third-order valence-corrected chi connectivity index (χ3v) is 20.1. The second-order valence-corrected chi connectivity index (χ2v) is 31.5. The van der Waals surface area contributed by atoms with E-state index in [-0.39, 0.29) is 38.2 Å². The highest BCUT2D eigenvalue weighted by Gasteiger charge is 2.25. The molecule has 0 heterocycles. The van der Waals surface area contributed by atoms with E-state index in [1.807, 2.05) is 21.1 Å². The molecule has 0 aromatic carbocycles. The van der Waals surface area contributed by atoms with Crippen LogP contribution in [0.15, 0.2) is 85.1 Å². The number of rotatable bonds is 84. The van der Waals surface area contributed by atoms with Gasteiger partial charge in [0.15, 0.2) is 6.10 Å². The van der Waals surface area contributed by atoms with Crippen LogP contribution in [0.5, 0.6) is 0 Å². The maximum absolute atomic E-state index is 13.0. The van der Waals surface area contributed by atoms with Crippen molar-refractivity contribution in [3.05, 3.63) is 85.1 Å². The molecule has 2 unspecified atom stereocenters. The molecule has 9 nitrogen and oxygen atoms in total. The number of hydrogen-bond donors (Lipinski definition) is 1. The Morgan fingerprint density at radius 3 is 0.825 bits per heavy atom. The predicted octanol–water partition coefficient (Wildman–Crippen LogP) is 29.3. The number of esters is 2. The fourth-order valence-electron chi connectivity index (χ4n) is 13.4. The number of ether oxygens (including phenoxy) is 4. The molecule has 103 heavy (non-hydrogen) atoms. The first-order chi connectivity index (χ1) is 50.6. The number of carboxylic acids is 1. The van der Waals surface area contributed by atoms with Crippen LogP contribution in [0.1, 0.15) is 438 Å². The number of carboxylic acid groups (broad SMARTS) is 1. The predicted molar refractivity (Wildman–Crippen MR) is 447 cm³/mol. The van der Waals surface area contributed by atoms with Crippen molar-refractivity contribution >= 4 is 17.9 Å². The Kier molecular flexibility index (Phi) is 81.2. The highest BCUT2D eigenvalue weighted by molar-refractivity contribution is 5.71. The van der Waals surface area contributed by atoms with E-state index in [0.717, 1.165) is 77.0 Å². The Labute approximate surface area is 640 Å². The lowest BCUT2D eigenvalue weighted by atomic mass is 10.0. The standard InChI is InChI=1S/C94H171NO8/c1-6-8-10-12-14-16-18-20-22-24-26-28-30-32-34-36-38-40-42-44-45-46-47-49-51-53-55-57-59-61-63-65-67-69-71-73-75-77-79-81-83-85-92(97)103-90(89-102-94(93(98)99)100-87-86-95(3,4)5)88-101-91(96)84-82-80-78-76-74-72-70-68-66-64-62-60-58-56-54-52-50-48-43-41-39-37-35-33-31-29-27-25-23-21-19-17-15-13-11-9-7-2/h8,10,14,16,19-22,25-28,32,34,90,94H,6-7,9,11-13,15,17-18,23-24,29-31,33,35-89H2,1-5H3/p+1/b10-8-,16-14-,21-19-,22-20-,27-25-,28-26-,34-32-. The van der Waals surface area contributed by atoms with E-state index in [4.69, 9.17) is 18.9 Å². The monoisotopic (exact) mass is 1440 g/mol. The molecule has 0 amide bonds. The molecule has 0 aromatic heterocycles. The summed E-state index contributed by atoms with van der Waals surface area (Å²) in [5, 5.41) is 9.80. The van der Waals surface area contributed by atoms with Crippen LogP contribution >= 0.6 is 0 Å². The van der Waals surface area contributed by atoms with E-state index in [2.05, 4.69) is 98.9 Å². The molecule has 0 aliphatic rings. The molecule has 0 spiro atoms. The second-order valence-electron chi connectivity index (χ2n) is 31.5. The summed E-state index contributed by atoms with van der Waals surface area (Å²) in [6.07, 6.45) is 114. The highest BCUT2D eigenvalue weighted by Crippen LogP contribution is 2.20. The van der Waals surface area contributed by atoms with Crippen molar-refractivity contribution in [2.45, 2.75) is 450 Å². The maximum Gasteiger partial charge on any atom is 0.361 e. The van der Waals surface area contributed by atoms with Gasteiger partial charge in [-0.05, 0) is 89.9 Å². The smallest absolute Gasteiger partial charge is 0.361 e. The van der Waals surface area contributed by atoms with E-state index >= 15 is 0 Å². The van der Waals surface area contributed by atoms with Gasteiger partial charge in [-0.3, -0.25) is 9.59 Å². The van der Waals surface area contributed by atoms with Crippen LogP contribution < -0.4 is 0 Å². The quantitative estimate of drug-likeness (QED) is 0.0211. The first kappa shape index (κ1) is 99.5. The van der Waals surface area contributed by atoms with Gasteiger partial charge in [-0.1, -0.05) is 420 Å². The lowest BCUT2D eigenvalue weighted by molar-refractivity contribution is -0.870. The Balaban J connectivity index is 3.91. The number of quaternary nitrogens is 1. The lowest BCUT2D eigenvalue weighted by Crippen LogP contribution is -2.40. The average molecular weight is 1440 g/mol. The minimum atomic E-state index is -1.51. The van der Waals surface area contributed by atoms with Crippen molar-refractivity contribution in [1.29, 1.82) is 0 Å². The Bertz CT molecular complexity index is 1980. The van der Waals surface area contributed by atoms with Crippen molar-refractivity contribution in [2.24, 2.45) is 0 Å². The number of nitrogens with zero attached hydrogens (tertiary/aromatic N) is 1. The molecule has 0 aliphatic heterocycles. The van der Waals surface area contributed by atoms with E-state index < -0.39 is 18.4 Å². The van der Waals surface area contributed by atoms with Gasteiger partial charge < -0.3 is 28.5 Å². The number of allylic oxidation sites excluding steroid dienone is 14. The molecule has 0 aliphatic carbocycles. The van der Waals surface area contributed by atoms with Crippen molar-refractivity contribution < 1.29 is 42.9 Å². The molecule has 0 aromatic rings. The van der Waals surface area contributed by atoms with Crippen LogP contribution in [-0.4, -0.2) is 87.4 Å². The fraction of sp³-hybridized carbons (Fsp3) is 0.819. The molecule has 2 atom stereocenters. The molecular weight excluding hydrogens is 1270 g/mol. The third kappa shape index (κ3) is 85.6. The van der Waals surface area contributed by atoms with E-state index in [1.54, 1.807) is 0 Å². The summed E-state index contributed by atoms with van der Waals surface area (Å²) in [5.74, 6) is -1.97. The van der Waals surface area contributed by atoms with Gasteiger partial charge >= 0.3 is 17.9 Å². The summed E-state index contributed by atoms with van der Waals surface area (Å²) in [4.78, 5) is 37.8. The normalized spacial score (nSPS) is 13.0. The van der Waals surface area contributed by atoms with Gasteiger partial charge in [-0.15, -0.1) is 0 Å². The molecule has 0 saturated heterocycles. The van der Waals surface area contributed by atoms with Crippen LogP contribution in [0.2, 0.25) is 0 Å². The number of unbranched alkanes of at least 4 members (excludes halogenated alkanes) is 55. The summed E-state index contributed by atoms with van der Waals surface area (Å²) in [5.41, 5.74) is 0. The molecular formula is C94H172NO8+. The molecule has 1 N–H and O–H groups in total. The number of likely N-dealkylation sites (N-methyl/N-ethyl adjacent to an activating group) is 1. The summed E-state index contributed by atoms with van der Waals surface area (Å²) >= 11 is 0. The van der Waals surface area contributed by atoms with Gasteiger partial charge in [0.05, 0.1) is 34.4 Å². The average Bonchev–Trinajstić information content (AvgIpc) is 1.01. The minimum Gasteiger partial charge on any atom is -0.477 e. The minimum absolute atomic E-state index is 0.177. The van der Waals surface area contributed by atoms with Crippen molar-refractivity contribution in [1.82, 2.24) is 0 Å². The van der Waals surface area contributed by atoms with Crippen LogP contribution in [0.25, 0.3) is 0 Å². The molecule has 0 bridgehead atoms. The van der Waals surface area contributed by atoms with Gasteiger partial charge in [-0.2, -0.15) is 0 Å². The highest BCUT2D eigenvalue weighted by atomic mass is 16.7. The van der Waals surface area contributed by atoms with Crippen molar-refractivity contribution in [3.63, 3.8) is 0 Å². The molecule has 9 heteroatoms. The van der Waals surface area contributed by atoms with Gasteiger partial charge in [0, 0.05) is 12.8 Å². The SMILES string of the molecule is CC/C=C\C/C=C\C/C=C\C/C=C\C/C=C\CCCCCCCCCCCCCCCCCCCCCCCCCCCC(=O)OC(COC(=O)CCCCCCCCCCCCCCCCCCCCCCCCCCC/C=C\C/C=C\CCCCCCC)COC(OCC[N+](C)(C)C)C(=O)O. The van der Waals surface area contributed by atoms with Gasteiger partial charge in [0.25, 0.3) is 6.29 Å². The van der Waals surface area contributed by atoms with Crippen LogP contribution in [0.3, 0.4) is 0 Å². The van der Waals surface area contributed by atoms with Gasteiger partial charge in [-0.25, -0.2) is 4.79 Å². The Morgan fingerprint density at radius 2 is 0.553 bits per heavy atom. The first-order valence-corrected chi connectivity index (χ1v) is 44.8. The number of carbonyl (C=O) groups is 3. The topological polar surface area (TPSA) is 108 Å². The van der Waals surface area contributed by atoms with Crippen LogP contribution in [0, 0.1) is 0 Å². The zero-order valence-electron chi connectivity index (χ0n) is 69.0. The van der Waals surface area contributed by atoms with E-state index in [0.29, 0.717) is 17.4 Å². The summed E-state index contributed by atoms with van der Waals surface area (Å²) < 4.78 is 23.1. The number of hydrogen-bond acceptors (Lipinski definition) is 7. The zero-order chi connectivity index (χ0) is 74.6. The van der Waals surface area contributed by atoms with E-state index in [1.165, 1.54) is 334 Å². The summed E-state index contributed by atoms with van der Waals surface area (Å²) in [7, 11) is 6.00. The molecule has 0 rings (SSSR count). The molecule has 0 saturated carbocycles. The summed E-state index contributed by atoms with van der Waals surface area (Å²) in [6.45, 7) is 4.82. The Morgan fingerprint density at radius 1 is 0.301 bits per heavy atom. The zero-order valence-corrected chi connectivity index (χ0v) is 69.0. The van der Waals surface area contributed by atoms with Crippen molar-refractivity contribution in [3.8, 4) is 0 Å². The van der Waals surface area contributed by atoms with E-state index in [9.17, 15) is 19.5 Å². The largest absolute Gasteiger partial charge is 0.477 e. The van der Waals surface area contributed by atoms with Crippen LogP contribution in [-0.2, 0) is 33.3 Å². The lowest BCUT2D eigenvalue weighted by Gasteiger charge is -2.25. The second kappa shape index (κ2) is 84.1. The third-order valence-electron chi connectivity index (χ3n) is 20.1. The Hall–Kier alpha value is -3.53.